The predicted octanol–water partition coefficient (Wildman–Crippen LogP) is 5.38. The van der Waals surface area contributed by atoms with Crippen LogP contribution in [0.4, 0.5) is 4.39 Å². The third-order valence-electron chi connectivity index (χ3n) is 3.10. The molecule has 0 unspecified atom stereocenters. The maximum absolute atomic E-state index is 14.1. The van der Waals surface area contributed by atoms with Crippen LogP contribution in [-0.4, -0.2) is 7.11 Å². The van der Waals surface area contributed by atoms with Crippen molar-refractivity contribution < 1.29 is 13.9 Å². The Balaban J connectivity index is 2.25. The van der Waals surface area contributed by atoms with Crippen LogP contribution in [0, 0.1) is 12.7 Å². The SMILES string of the molecule is COc1cccc(COc2c(C)cc(Br)cc2CBr)c1F. The Labute approximate surface area is 140 Å². The first-order valence-corrected chi connectivity index (χ1v) is 8.27. The molecule has 112 valence electrons. The predicted molar refractivity (Wildman–Crippen MR) is 88.8 cm³/mol. The number of hydrogen-bond donors (Lipinski definition) is 0. The molecule has 21 heavy (non-hydrogen) atoms. The summed E-state index contributed by atoms with van der Waals surface area (Å²) in [6.45, 7) is 2.12. The van der Waals surface area contributed by atoms with Gasteiger partial charge < -0.3 is 9.47 Å². The molecule has 2 rings (SSSR count). The van der Waals surface area contributed by atoms with Crippen molar-refractivity contribution in [3.8, 4) is 11.5 Å². The normalized spacial score (nSPS) is 10.5. The minimum absolute atomic E-state index is 0.158. The molecule has 0 saturated heterocycles. The van der Waals surface area contributed by atoms with E-state index >= 15 is 0 Å². The highest BCUT2D eigenvalue weighted by molar-refractivity contribution is 9.10. The number of methoxy groups -OCH3 is 1. The van der Waals surface area contributed by atoms with Crippen LogP contribution in [0.2, 0.25) is 0 Å². The summed E-state index contributed by atoms with van der Waals surface area (Å²) in [4.78, 5) is 0. The second kappa shape index (κ2) is 7.27. The number of halogens is 3. The molecular weight excluding hydrogens is 403 g/mol. The maximum Gasteiger partial charge on any atom is 0.171 e. The van der Waals surface area contributed by atoms with E-state index in [0.717, 1.165) is 21.3 Å². The van der Waals surface area contributed by atoms with E-state index in [1.54, 1.807) is 18.2 Å². The van der Waals surface area contributed by atoms with E-state index in [4.69, 9.17) is 9.47 Å². The fourth-order valence-electron chi connectivity index (χ4n) is 2.08. The Kier molecular flexibility index (Phi) is 5.65. The van der Waals surface area contributed by atoms with Crippen LogP contribution in [0.15, 0.2) is 34.8 Å². The molecule has 0 spiro atoms. The quantitative estimate of drug-likeness (QED) is 0.608. The Morgan fingerprint density at radius 2 is 1.95 bits per heavy atom. The van der Waals surface area contributed by atoms with Gasteiger partial charge in [0.1, 0.15) is 12.4 Å². The van der Waals surface area contributed by atoms with Crippen molar-refractivity contribution in [2.45, 2.75) is 18.9 Å². The number of rotatable bonds is 5. The van der Waals surface area contributed by atoms with Gasteiger partial charge in [0.15, 0.2) is 11.6 Å². The summed E-state index contributed by atoms with van der Waals surface area (Å²) >= 11 is 6.91. The smallest absolute Gasteiger partial charge is 0.171 e. The van der Waals surface area contributed by atoms with Gasteiger partial charge in [0, 0.05) is 20.9 Å². The van der Waals surface area contributed by atoms with E-state index in [-0.39, 0.29) is 18.2 Å². The van der Waals surface area contributed by atoms with E-state index in [0.29, 0.717) is 10.9 Å². The average Bonchev–Trinajstić information content (AvgIpc) is 2.47. The van der Waals surface area contributed by atoms with Crippen molar-refractivity contribution in [1.82, 2.24) is 0 Å². The van der Waals surface area contributed by atoms with Crippen LogP contribution in [-0.2, 0) is 11.9 Å². The lowest BCUT2D eigenvalue weighted by molar-refractivity contribution is 0.291. The largest absolute Gasteiger partial charge is 0.494 e. The highest BCUT2D eigenvalue weighted by atomic mass is 79.9. The lowest BCUT2D eigenvalue weighted by atomic mass is 10.1. The number of ether oxygens (including phenoxy) is 2. The van der Waals surface area contributed by atoms with Gasteiger partial charge in [-0.2, -0.15) is 0 Å². The van der Waals surface area contributed by atoms with Gasteiger partial charge in [-0.05, 0) is 30.7 Å². The summed E-state index contributed by atoms with van der Waals surface area (Å²) < 4.78 is 25.9. The van der Waals surface area contributed by atoms with Gasteiger partial charge in [-0.15, -0.1) is 0 Å². The minimum Gasteiger partial charge on any atom is -0.494 e. The van der Waals surface area contributed by atoms with Crippen LogP contribution < -0.4 is 9.47 Å². The summed E-state index contributed by atoms with van der Waals surface area (Å²) in [5.41, 5.74) is 2.49. The molecule has 5 heteroatoms. The first kappa shape index (κ1) is 16.3. The van der Waals surface area contributed by atoms with E-state index in [1.807, 2.05) is 19.1 Å². The van der Waals surface area contributed by atoms with Gasteiger partial charge in [0.05, 0.1) is 7.11 Å². The molecule has 2 aromatic rings. The summed E-state index contributed by atoms with van der Waals surface area (Å²) in [5, 5.41) is 0.670. The fraction of sp³-hybridized carbons (Fsp3) is 0.250. The second-order valence-corrected chi connectivity index (χ2v) is 6.04. The molecule has 0 bridgehead atoms. The van der Waals surface area contributed by atoms with Crippen molar-refractivity contribution in [1.29, 1.82) is 0 Å². The lowest BCUT2D eigenvalue weighted by Gasteiger charge is -2.14. The summed E-state index contributed by atoms with van der Waals surface area (Å²) in [6, 6.07) is 9.00. The number of aryl methyl sites for hydroxylation is 1. The molecule has 0 aliphatic heterocycles. The van der Waals surface area contributed by atoms with E-state index in [9.17, 15) is 4.39 Å². The average molecular weight is 418 g/mol. The van der Waals surface area contributed by atoms with Crippen LogP contribution in [0.5, 0.6) is 11.5 Å². The van der Waals surface area contributed by atoms with Crippen molar-refractivity contribution in [3.05, 3.63) is 57.3 Å². The zero-order chi connectivity index (χ0) is 15.4. The van der Waals surface area contributed by atoms with Crippen molar-refractivity contribution in [2.24, 2.45) is 0 Å². The zero-order valence-electron chi connectivity index (χ0n) is 11.8. The lowest BCUT2D eigenvalue weighted by Crippen LogP contribution is -2.03. The van der Waals surface area contributed by atoms with E-state index < -0.39 is 0 Å². The Bertz CT molecular complexity index is 644. The van der Waals surface area contributed by atoms with Gasteiger partial charge in [-0.25, -0.2) is 4.39 Å². The van der Waals surface area contributed by atoms with Gasteiger partial charge in [0.2, 0.25) is 0 Å². The molecule has 0 saturated carbocycles. The maximum atomic E-state index is 14.1. The number of benzene rings is 2. The third kappa shape index (κ3) is 3.77. The monoisotopic (exact) mass is 416 g/mol. The highest BCUT2D eigenvalue weighted by Gasteiger charge is 2.12. The van der Waals surface area contributed by atoms with E-state index in [2.05, 4.69) is 31.9 Å². The van der Waals surface area contributed by atoms with Crippen molar-refractivity contribution in [3.63, 3.8) is 0 Å². The molecule has 0 atom stereocenters. The first-order chi connectivity index (χ1) is 10.1. The zero-order valence-corrected chi connectivity index (χ0v) is 14.9. The highest BCUT2D eigenvalue weighted by Crippen LogP contribution is 2.31. The molecule has 0 fully saturated rings. The van der Waals surface area contributed by atoms with Gasteiger partial charge in [-0.3, -0.25) is 0 Å². The molecule has 0 N–H and O–H groups in total. The minimum atomic E-state index is -0.379. The molecule has 2 nitrogen and oxygen atoms in total. The number of alkyl halides is 1. The fourth-order valence-corrected chi connectivity index (χ4v) is 3.12. The Morgan fingerprint density at radius 1 is 1.19 bits per heavy atom. The van der Waals surface area contributed by atoms with Crippen molar-refractivity contribution >= 4 is 31.9 Å². The molecule has 0 aliphatic carbocycles. The van der Waals surface area contributed by atoms with Gasteiger partial charge >= 0.3 is 0 Å². The van der Waals surface area contributed by atoms with Crippen LogP contribution in [0.3, 0.4) is 0 Å². The van der Waals surface area contributed by atoms with Crippen LogP contribution in [0.25, 0.3) is 0 Å². The van der Waals surface area contributed by atoms with Gasteiger partial charge in [0.25, 0.3) is 0 Å². The summed E-state index contributed by atoms with van der Waals surface area (Å²) in [7, 11) is 1.45. The Hall–Kier alpha value is -1.07. The molecule has 0 radical (unpaired) electrons. The van der Waals surface area contributed by atoms with Crippen molar-refractivity contribution in [2.75, 3.05) is 7.11 Å². The van der Waals surface area contributed by atoms with E-state index in [1.165, 1.54) is 7.11 Å². The summed E-state index contributed by atoms with van der Waals surface area (Å²) in [6.07, 6.45) is 0. The topological polar surface area (TPSA) is 18.5 Å². The number of hydrogen-bond acceptors (Lipinski definition) is 2. The summed E-state index contributed by atoms with van der Waals surface area (Å²) in [5.74, 6) is 0.622. The third-order valence-corrected chi connectivity index (χ3v) is 4.16. The van der Waals surface area contributed by atoms with Crippen LogP contribution >= 0.6 is 31.9 Å². The first-order valence-electron chi connectivity index (χ1n) is 6.36. The Morgan fingerprint density at radius 3 is 2.62 bits per heavy atom. The van der Waals surface area contributed by atoms with Gasteiger partial charge in [-0.1, -0.05) is 44.0 Å². The molecule has 2 aromatic carbocycles. The molecule has 0 aliphatic rings. The standard InChI is InChI=1S/C16H15Br2FO2/c1-10-6-13(18)7-12(8-17)16(10)21-9-11-4-3-5-14(20-2)15(11)19/h3-7H,8-9H2,1-2H3. The second-order valence-electron chi connectivity index (χ2n) is 4.57. The van der Waals surface area contributed by atoms with Crippen LogP contribution in [0.1, 0.15) is 16.7 Å². The molecular formula is C16H15Br2FO2. The molecule has 0 aromatic heterocycles. The molecule has 0 amide bonds. The molecule has 0 heterocycles.